The molecule has 0 saturated carbocycles. The Kier molecular flexibility index (Phi) is 5.12. The Labute approximate surface area is 95.5 Å². The monoisotopic (exact) mass is 223 g/mol. The van der Waals surface area contributed by atoms with Gasteiger partial charge in [0.15, 0.2) is 0 Å². The zero-order chi connectivity index (χ0) is 11.1. The molecule has 1 aromatic carbocycles. The molecule has 3 heteroatoms. The van der Waals surface area contributed by atoms with Gasteiger partial charge in [0.1, 0.15) is 5.75 Å². The Morgan fingerprint density at radius 1 is 1.40 bits per heavy atom. The summed E-state index contributed by atoms with van der Waals surface area (Å²) >= 11 is 1.83. The first kappa shape index (κ1) is 12.0. The summed E-state index contributed by atoms with van der Waals surface area (Å²) < 4.78 is 5.54. The molecule has 0 bridgehead atoms. The lowest BCUT2D eigenvalue weighted by Crippen LogP contribution is -2.00. The van der Waals surface area contributed by atoms with Gasteiger partial charge in [0.05, 0.1) is 6.61 Å². The Hall–Kier alpha value is -1.09. The fraction of sp³-hybridized carbons (Fsp3) is 0.333. The lowest BCUT2D eigenvalue weighted by atomic mass is 10.3. The van der Waals surface area contributed by atoms with Gasteiger partial charge in [0.2, 0.25) is 0 Å². The van der Waals surface area contributed by atoms with Gasteiger partial charge in [0, 0.05) is 17.2 Å². The van der Waals surface area contributed by atoms with Gasteiger partial charge in [-0.05, 0) is 31.2 Å². The number of anilines is 1. The summed E-state index contributed by atoms with van der Waals surface area (Å²) in [5, 5.41) is 0. The van der Waals surface area contributed by atoms with E-state index in [0.717, 1.165) is 29.5 Å². The van der Waals surface area contributed by atoms with Crippen molar-refractivity contribution in [2.45, 2.75) is 6.92 Å². The summed E-state index contributed by atoms with van der Waals surface area (Å²) in [4.78, 5) is 0. The van der Waals surface area contributed by atoms with Crippen molar-refractivity contribution in [1.29, 1.82) is 0 Å². The second kappa shape index (κ2) is 6.40. The van der Waals surface area contributed by atoms with Crippen LogP contribution in [0.4, 0.5) is 5.69 Å². The van der Waals surface area contributed by atoms with E-state index in [1.54, 1.807) is 0 Å². The van der Waals surface area contributed by atoms with Crippen LogP contribution in [0.25, 0.3) is 0 Å². The number of hydrogen-bond donors (Lipinski definition) is 1. The predicted molar refractivity (Wildman–Crippen MR) is 68.5 cm³/mol. The molecular formula is C12H17NOS. The molecule has 0 saturated heterocycles. The lowest BCUT2D eigenvalue weighted by molar-refractivity contribution is 0.344. The van der Waals surface area contributed by atoms with Crippen molar-refractivity contribution in [1.82, 2.24) is 0 Å². The van der Waals surface area contributed by atoms with E-state index in [4.69, 9.17) is 10.5 Å². The molecule has 1 aromatic rings. The van der Waals surface area contributed by atoms with Crippen LogP contribution in [0.3, 0.4) is 0 Å². The minimum Gasteiger partial charge on any atom is -0.493 e. The molecule has 0 aliphatic rings. The summed E-state index contributed by atoms with van der Waals surface area (Å²) in [7, 11) is 0. The topological polar surface area (TPSA) is 35.2 Å². The van der Waals surface area contributed by atoms with Crippen molar-refractivity contribution in [3.63, 3.8) is 0 Å². The van der Waals surface area contributed by atoms with Crippen LogP contribution in [-0.4, -0.2) is 18.1 Å². The Bertz CT molecular complexity index is 308. The van der Waals surface area contributed by atoms with Crippen molar-refractivity contribution in [2.24, 2.45) is 0 Å². The molecule has 0 aliphatic carbocycles. The molecule has 2 N–H and O–H groups in total. The molecule has 15 heavy (non-hydrogen) atoms. The van der Waals surface area contributed by atoms with E-state index in [0.29, 0.717) is 0 Å². The number of nitrogen functional groups attached to an aromatic ring is 1. The first-order chi connectivity index (χ1) is 7.18. The first-order valence-corrected chi connectivity index (χ1v) is 6.04. The van der Waals surface area contributed by atoms with E-state index in [2.05, 4.69) is 6.58 Å². The van der Waals surface area contributed by atoms with Crippen LogP contribution >= 0.6 is 11.8 Å². The number of hydrogen-bond acceptors (Lipinski definition) is 3. The molecule has 2 nitrogen and oxygen atoms in total. The zero-order valence-corrected chi connectivity index (χ0v) is 9.85. The van der Waals surface area contributed by atoms with Gasteiger partial charge in [-0.15, -0.1) is 0 Å². The summed E-state index contributed by atoms with van der Waals surface area (Å²) in [6, 6.07) is 7.46. The molecule has 0 unspecified atom stereocenters. The highest BCUT2D eigenvalue weighted by Crippen LogP contribution is 2.13. The molecule has 0 atom stereocenters. The van der Waals surface area contributed by atoms with Crippen LogP contribution in [0.15, 0.2) is 36.4 Å². The third-order valence-electron chi connectivity index (χ3n) is 1.72. The van der Waals surface area contributed by atoms with Crippen molar-refractivity contribution in [2.75, 3.05) is 23.8 Å². The van der Waals surface area contributed by atoms with E-state index in [9.17, 15) is 0 Å². The van der Waals surface area contributed by atoms with Gasteiger partial charge in [-0.3, -0.25) is 0 Å². The first-order valence-electron chi connectivity index (χ1n) is 4.89. The molecule has 0 fully saturated rings. The third-order valence-corrected chi connectivity index (χ3v) is 2.88. The molecule has 82 valence electrons. The number of benzene rings is 1. The molecular weight excluding hydrogens is 206 g/mol. The molecule has 1 rings (SSSR count). The largest absolute Gasteiger partial charge is 0.493 e. The van der Waals surface area contributed by atoms with Crippen LogP contribution in [-0.2, 0) is 0 Å². The van der Waals surface area contributed by atoms with Crippen LogP contribution in [0.2, 0.25) is 0 Å². The van der Waals surface area contributed by atoms with Crippen LogP contribution in [0.5, 0.6) is 5.75 Å². The van der Waals surface area contributed by atoms with E-state index in [1.165, 1.54) is 5.57 Å². The maximum atomic E-state index is 5.57. The van der Waals surface area contributed by atoms with Crippen molar-refractivity contribution in [3.8, 4) is 5.75 Å². The number of rotatable bonds is 6. The lowest BCUT2D eigenvalue weighted by Gasteiger charge is -2.06. The van der Waals surface area contributed by atoms with Gasteiger partial charge in [-0.25, -0.2) is 0 Å². The molecule has 0 aliphatic heterocycles. The standard InChI is InChI=1S/C12H17NOS/c1-10(2)9-15-8-7-14-12-5-3-11(13)4-6-12/h3-6H,1,7-9,13H2,2H3. The van der Waals surface area contributed by atoms with Crippen LogP contribution in [0.1, 0.15) is 6.92 Å². The third kappa shape index (κ3) is 5.37. The van der Waals surface area contributed by atoms with Crippen molar-refractivity contribution in [3.05, 3.63) is 36.4 Å². The summed E-state index contributed by atoms with van der Waals surface area (Å²) in [5.74, 6) is 2.86. The molecule has 0 amide bonds. The van der Waals surface area contributed by atoms with Gasteiger partial charge < -0.3 is 10.5 Å². The molecule has 0 spiro atoms. The maximum absolute atomic E-state index is 5.57. The van der Waals surface area contributed by atoms with E-state index in [1.807, 2.05) is 43.0 Å². The smallest absolute Gasteiger partial charge is 0.119 e. The normalized spacial score (nSPS) is 9.93. The minimum absolute atomic E-state index is 0.724. The Balaban J connectivity index is 2.15. The molecule has 0 radical (unpaired) electrons. The Morgan fingerprint density at radius 2 is 2.07 bits per heavy atom. The minimum atomic E-state index is 0.724. The van der Waals surface area contributed by atoms with Gasteiger partial charge >= 0.3 is 0 Å². The van der Waals surface area contributed by atoms with Crippen LogP contribution in [0, 0.1) is 0 Å². The molecule has 0 heterocycles. The number of ether oxygens (including phenoxy) is 1. The average molecular weight is 223 g/mol. The zero-order valence-electron chi connectivity index (χ0n) is 9.03. The SMILES string of the molecule is C=C(C)CSCCOc1ccc(N)cc1. The van der Waals surface area contributed by atoms with Gasteiger partial charge in [-0.2, -0.15) is 11.8 Å². The highest BCUT2D eigenvalue weighted by molar-refractivity contribution is 7.99. The van der Waals surface area contributed by atoms with Gasteiger partial charge in [0.25, 0.3) is 0 Å². The highest BCUT2D eigenvalue weighted by Gasteiger charge is 1.94. The van der Waals surface area contributed by atoms with E-state index in [-0.39, 0.29) is 0 Å². The van der Waals surface area contributed by atoms with Crippen molar-refractivity contribution < 1.29 is 4.74 Å². The summed E-state index contributed by atoms with van der Waals surface area (Å²) in [5.41, 5.74) is 7.53. The summed E-state index contributed by atoms with van der Waals surface area (Å²) in [6.45, 7) is 6.60. The van der Waals surface area contributed by atoms with Gasteiger partial charge in [-0.1, -0.05) is 12.2 Å². The predicted octanol–water partition coefficient (Wildman–Crippen LogP) is 2.96. The second-order valence-electron chi connectivity index (χ2n) is 3.43. The fourth-order valence-electron chi connectivity index (χ4n) is 1.03. The average Bonchev–Trinajstić information content (AvgIpc) is 2.20. The second-order valence-corrected chi connectivity index (χ2v) is 4.53. The van der Waals surface area contributed by atoms with E-state index >= 15 is 0 Å². The Morgan fingerprint density at radius 3 is 2.67 bits per heavy atom. The number of thioether (sulfide) groups is 1. The van der Waals surface area contributed by atoms with Crippen LogP contribution < -0.4 is 10.5 Å². The molecule has 0 aromatic heterocycles. The van der Waals surface area contributed by atoms with E-state index < -0.39 is 0 Å². The maximum Gasteiger partial charge on any atom is 0.119 e. The quantitative estimate of drug-likeness (QED) is 0.457. The summed E-state index contributed by atoms with van der Waals surface area (Å²) in [6.07, 6.45) is 0. The number of nitrogens with two attached hydrogens (primary N) is 1. The van der Waals surface area contributed by atoms with Crippen molar-refractivity contribution >= 4 is 17.4 Å². The fourth-order valence-corrected chi connectivity index (χ4v) is 1.72. The highest BCUT2D eigenvalue weighted by atomic mass is 32.2.